The van der Waals surface area contributed by atoms with Gasteiger partial charge in [0.15, 0.2) is 11.5 Å². The minimum atomic E-state index is -0.291. The maximum absolute atomic E-state index is 13.1. The van der Waals surface area contributed by atoms with E-state index < -0.39 is 0 Å². The van der Waals surface area contributed by atoms with Crippen LogP contribution in [0.1, 0.15) is 16.8 Å². The first-order valence-corrected chi connectivity index (χ1v) is 11.5. The van der Waals surface area contributed by atoms with E-state index in [2.05, 4.69) is 10.3 Å². The van der Waals surface area contributed by atoms with Crippen molar-refractivity contribution in [1.82, 2.24) is 15.2 Å². The molecule has 35 heavy (non-hydrogen) atoms. The van der Waals surface area contributed by atoms with Crippen LogP contribution in [0.4, 0.5) is 0 Å². The van der Waals surface area contributed by atoms with Crippen molar-refractivity contribution in [2.45, 2.75) is 18.6 Å². The van der Waals surface area contributed by atoms with Crippen LogP contribution in [-0.2, 0) is 9.59 Å². The minimum absolute atomic E-state index is 0.0120. The van der Waals surface area contributed by atoms with Gasteiger partial charge in [-0.15, -0.1) is 0 Å². The molecular weight excluding hydrogens is 450 g/mol. The first-order valence-electron chi connectivity index (χ1n) is 11.5. The Hall–Kier alpha value is -4.14. The van der Waals surface area contributed by atoms with E-state index in [1.165, 1.54) is 0 Å². The maximum atomic E-state index is 13.1. The molecule has 3 heterocycles. The number of amides is 2. The second-order valence-corrected chi connectivity index (χ2v) is 8.82. The number of pyridine rings is 1. The number of fused-ring (bicyclic) bond motifs is 3. The molecule has 0 spiro atoms. The number of nitrogens with zero attached hydrogens (tertiary/aromatic N) is 2. The number of hydrogen-bond acceptors (Lipinski definition) is 6. The zero-order valence-electron chi connectivity index (χ0n) is 18.9. The number of para-hydroxylation sites is 3. The van der Waals surface area contributed by atoms with Gasteiger partial charge in [0.25, 0.3) is 12.4 Å². The Balaban J connectivity index is 0.000000806. The Kier molecular flexibility index (Phi) is 6.22. The number of ether oxygens (including phenoxy) is 2. The molecule has 2 aliphatic heterocycles. The fourth-order valence-electron chi connectivity index (χ4n) is 4.97. The number of aromatic nitrogens is 1. The summed E-state index contributed by atoms with van der Waals surface area (Å²) >= 11 is 0. The van der Waals surface area contributed by atoms with Gasteiger partial charge >= 0.3 is 0 Å². The molecule has 1 aromatic heterocycles. The van der Waals surface area contributed by atoms with Gasteiger partial charge < -0.3 is 24.8 Å². The number of piperidine rings is 1. The molecule has 2 N–H and O–H groups in total. The molecule has 1 aliphatic carbocycles. The Labute approximate surface area is 201 Å². The van der Waals surface area contributed by atoms with E-state index in [1.54, 1.807) is 6.20 Å². The van der Waals surface area contributed by atoms with Crippen molar-refractivity contribution in [2.24, 2.45) is 11.8 Å². The monoisotopic (exact) mass is 475 g/mol. The lowest BCUT2D eigenvalue weighted by molar-refractivity contribution is -0.124. The third kappa shape index (κ3) is 4.62. The third-order valence-corrected chi connectivity index (χ3v) is 6.65. The molecule has 2 fully saturated rings. The molecule has 3 aliphatic rings. The van der Waals surface area contributed by atoms with Crippen LogP contribution in [0.15, 0.2) is 60.8 Å². The number of carbonyl (C=O) groups is 3. The van der Waals surface area contributed by atoms with E-state index in [0.29, 0.717) is 48.6 Å². The number of benzene rings is 2. The molecule has 0 radical (unpaired) electrons. The molecule has 9 nitrogen and oxygen atoms in total. The van der Waals surface area contributed by atoms with Gasteiger partial charge in [-0.2, -0.15) is 0 Å². The largest absolute Gasteiger partial charge is 0.486 e. The summed E-state index contributed by atoms with van der Waals surface area (Å²) in [6, 6.07) is 17.2. The topological polar surface area (TPSA) is 118 Å². The fraction of sp³-hybridized carbons (Fsp3) is 0.308. The summed E-state index contributed by atoms with van der Waals surface area (Å²) in [5.74, 6) is 2.00. The summed E-state index contributed by atoms with van der Waals surface area (Å²) < 4.78 is 11.6. The zero-order chi connectivity index (χ0) is 24.4. The number of nitrogens with one attached hydrogen (secondary N) is 1. The first kappa shape index (κ1) is 22.6. The van der Waals surface area contributed by atoms with E-state index >= 15 is 0 Å². The van der Waals surface area contributed by atoms with Gasteiger partial charge in [0, 0.05) is 42.6 Å². The maximum Gasteiger partial charge on any atom is 0.290 e. The summed E-state index contributed by atoms with van der Waals surface area (Å²) in [4.78, 5) is 40.3. The Bertz CT molecular complexity index is 1250. The van der Waals surface area contributed by atoms with Crippen molar-refractivity contribution in [3.63, 3.8) is 0 Å². The van der Waals surface area contributed by atoms with Crippen LogP contribution < -0.4 is 14.8 Å². The summed E-state index contributed by atoms with van der Waals surface area (Å²) in [7, 11) is 0. The highest BCUT2D eigenvalue weighted by Gasteiger charge is 2.57. The molecule has 9 heteroatoms. The summed E-state index contributed by atoms with van der Waals surface area (Å²) in [6.45, 7) is 1.44. The van der Waals surface area contributed by atoms with E-state index in [4.69, 9.17) is 19.4 Å². The van der Waals surface area contributed by atoms with Crippen molar-refractivity contribution in [3.05, 3.63) is 66.4 Å². The highest BCUT2D eigenvalue weighted by molar-refractivity contribution is 6.05. The Morgan fingerprint density at radius 1 is 1.06 bits per heavy atom. The molecule has 1 saturated carbocycles. The standard InChI is InChI=1S/C25H23N3O4.CH2O2/c29-22(11-16-14-31-20-8-1-2-9-21(20)32-16)27-24-18-12-28(13-19(18)24)25(30)17-7-3-5-15-6-4-10-26-23(15)17;2-1-3/h1-10,16,18-19,24H,11-14H2,(H,27,29);1H,(H,2,3)/t16?,18-,19-;/m1./s1. The van der Waals surface area contributed by atoms with Crippen molar-refractivity contribution in [3.8, 4) is 11.5 Å². The van der Waals surface area contributed by atoms with Gasteiger partial charge in [0.1, 0.15) is 12.7 Å². The van der Waals surface area contributed by atoms with Gasteiger partial charge in [0.2, 0.25) is 5.91 Å². The average molecular weight is 476 g/mol. The number of hydrogen-bond donors (Lipinski definition) is 2. The third-order valence-electron chi connectivity index (χ3n) is 6.65. The van der Waals surface area contributed by atoms with Crippen LogP contribution in [0.3, 0.4) is 0 Å². The highest BCUT2D eigenvalue weighted by atomic mass is 16.6. The van der Waals surface area contributed by atoms with E-state index in [1.807, 2.05) is 59.5 Å². The molecule has 2 aromatic carbocycles. The minimum Gasteiger partial charge on any atom is -0.486 e. The molecule has 3 aromatic rings. The van der Waals surface area contributed by atoms with E-state index in [9.17, 15) is 9.59 Å². The summed E-state index contributed by atoms with van der Waals surface area (Å²) in [5.41, 5.74) is 1.38. The Morgan fingerprint density at radius 2 is 1.77 bits per heavy atom. The van der Waals surface area contributed by atoms with Crippen molar-refractivity contribution in [2.75, 3.05) is 19.7 Å². The predicted octanol–water partition coefficient (Wildman–Crippen LogP) is 2.35. The molecule has 3 atom stereocenters. The molecule has 6 rings (SSSR count). The van der Waals surface area contributed by atoms with Crippen LogP contribution in [-0.4, -0.2) is 65.1 Å². The summed E-state index contributed by atoms with van der Waals surface area (Å²) in [5, 5.41) is 11.0. The quantitative estimate of drug-likeness (QED) is 0.556. The van der Waals surface area contributed by atoms with Crippen molar-refractivity contribution >= 4 is 29.2 Å². The average Bonchev–Trinajstić information content (AvgIpc) is 3.30. The van der Waals surface area contributed by atoms with E-state index in [-0.39, 0.29) is 36.9 Å². The van der Waals surface area contributed by atoms with Crippen LogP contribution >= 0.6 is 0 Å². The first-order chi connectivity index (χ1) is 17.1. The number of rotatable bonds is 4. The van der Waals surface area contributed by atoms with Gasteiger partial charge in [-0.25, -0.2) is 0 Å². The molecule has 1 unspecified atom stereocenters. The molecule has 0 bridgehead atoms. The van der Waals surface area contributed by atoms with Gasteiger partial charge in [-0.3, -0.25) is 19.4 Å². The summed E-state index contributed by atoms with van der Waals surface area (Å²) in [6.07, 6.45) is 1.68. The lowest BCUT2D eigenvalue weighted by atomic mass is 10.1. The number of carboxylic acid groups (broad SMARTS) is 1. The van der Waals surface area contributed by atoms with Gasteiger partial charge in [-0.05, 0) is 24.3 Å². The predicted molar refractivity (Wildman–Crippen MR) is 126 cm³/mol. The SMILES string of the molecule is O=C(CC1COc2ccccc2O1)NC1[C@@H]2CN(C(=O)c3cccc4cccnc34)C[C@@H]12.O=CO. The smallest absolute Gasteiger partial charge is 0.290 e. The molecule has 180 valence electrons. The van der Waals surface area contributed by atoms with Crippen LogP contribution in [0.2, 0.25) is 0 Å². The normalized spacial score (nSPS) is 23.5. The van der Waals surface area contributed by atoms with E-state index in [0.717, 1.165) is 10.9 Å². The molecular formula is C26H25N3O6. The van der Waals surface area contributed by atoms with Gasteiger partial charge in [-0.1, -0.05) is 30.3 Å². The van der Waals surface area contributed by atoms with Crippen LogP contribution in [0.5, 0.6) is 11.5 Å². The van der Waals surface area contributed by atoms with Crippen LogP contribution in [0, 0.1) is 11.8 Å². The van der Waals surface area contributed by atoms with Crippen LogP contribution in [0.25, 0.3) is 10.9 Å². The second-order valence-electron chi connectivity index (χ2n) is 8.82. The zero-order valence-corrected chi connectivity index (χ0v) is 18.9. The highest BCUT2D eigenvalue weighted by Crippen LogP contribution is 2.46. The Morgan fingerprint density at radius 3 is 2.54 bits per heavy atom. The molecule has 1 saturated heterocycles. The van der Waals surface area contributed by atoms with Gasteiger partial charge in [0.05, 0.1) is 17.5 Å². The fourth-order valence-corrected chi connectivity index (χ4v) is 4.97. The lowest BCUT2D eigenvalue weighted by Crippen LogP contribution is -2.40. The number of likely N-dealkylation sites (tertiary alicyclic amines) is 1. The van der Waals surface area contributed by atoms with Crippen molar-refractivity contribution in [1.29, 1.82) is 0 Å². The second kappa shape index (κ2) is 9.61. The van der Waals surface area contributed by atoms with Crippen molar-refractivity contribution < 1.29 is 29.0 Å². The lowest BCUT2D eigenvalue weighted by Gasteiger charge is -2.26. The molecule has 2 amide bonds. The number of carbonyl (C=O) groups excluding carboxylic acids is 2.